The first-order valence-electron chi connectivity index (χ1n) is 3.37. The van der Waals surface area contributed by atoms with E-state index < -0.39 is 0 Å². The maximum absolute atomic E-state index is 4.71. The fraction of sp³-hybridized carbons (Fsp3) is 0. The summed E-state index contributed by atoms with van der Waals surface area (Å²) in [6, 6.07) is 5.72. The van der Waals surface area contributed by atoms with E-state index in [9.17, 15) is 0 Å². The average Bonchev–Trinajstić information content (AvgIpc) is 2.60. The first-order chi connectivity index (χ1) is 5.89. The van der Waals surface area contributed by atoms with E-state index >= 15 is 0 Å². The van der Waals surface area contributed by atoms with Gasteiger partial charge in [-0.1, -0.05) is 6.07 Å². The van der Waals surface area contributed by atoms with Crippen molar-refractivity contribution in [1.82, 2.24) is 9.97 Å². The number of hydrogen-bond acceptors (Lipinski definition) is 3. The summed E-state index contributed by atoms with van der Waals surface area (Å²) in [4.78, 5) is 6.62. The van der Waals surface area contributed by atoms with Crippen molar-refractivity contribution in [2.45, 2.75) is 0 Å². The molecule has 12 heavy (non-hydrogen) atoms. The summed E-state index contributed by atoms with van der Waals surface area (Å²) in [6.07, 6.45) is 5.33. The van der Waals surface area contributed by atoms with E-state index in [2.05, 4.69) is 9.97 Å². The molecule has 0 aromatic carbocycles. The molecular formula is C8H8N2S2. The van der Waals surface area contributed by atoms with Crippen LogP contribution < -0.4 is 0 Å². The summed E-state index contributed by atoms with van der Waals surface area (Å²) < 4.78 is 0.843. The topological polar surface area (TPSA) is 28.7 Å². The minimum Gasteiger partial charge on any atom is -0.344 e. The van der Waals surface area contributed by atoms with Crippen molar-refractivity contribution in [2.75, 3.05) is 0 Å². The van der Waals surface area contributed by atoms with Gasteiger partial charge in [0.15, 0.2) is 3.95 Å². The van der Waals surface area contributed by atoms with Gasteiger partial charge in [-0.15, -0.1) is 11.3 Å². The number of aromatic amines is 1. The molecule has 0 aliphatic rings. The molecule has 2 aromatic heterocycles. The second kappa shape index (κ2) is 5.62. The van der Waals surface area contributed by atoms with Gasteiger partial charge in [-0.2, -0.15) is 0 Å². The second-order valence-corrected chi connectivity index (χ2v) is 3.46. The van der Waals surface area contributed by atoms with Gasteiger partial charge in [-0.3, -0.25) is 4.98 Å². The SMILES string of the molecule is S=c1[nH]ccs1.c1ccncc1. The zero-order valence-corrected chi connectivity index (χ0v) is 7.94. The molecule has 2 aromatic rings. The van der Waals surface area contributed by atoms with Crippen molar-refractivity contribution in [3.63, 3.8) is 0 Å². The average molecular weight is 196 g/mol. The third-order valence-electron chi connectivity index (χ3n) is 1.01. The zero-order valence-electron chi connectivity index (χ0n) is 6.31. The van der Waals surface area contributed by atoms with Crippen molar-refractivity contribution in [1.29, 1.82) is 0 Å². The van der Waals surface area contributed by atoms with Crippen molar-refractivity contribution < 1.29 is 0 Å². The predicted octanol–water partition coefficient (Wildman–Crippen LogP) is 2.89. The number of nitrogens with one attached hydrogen (secondary N) is 1. The van der Waals surface area contributed by atoms with Gasteiger partial charge in [0, 0.05) is 24.0 Å². The number of pyridine rings is 1. The second-order valence-electron chi connectivity index (χ2n) is 1.88. The van der Waals surface area contributed by atoms with Crippen LogP contribution in [-0.4, -0.2) is 9.97 Å². The number of H-pyrrole nitrogens is 1. The van der Waals surface area contributed by atoms with Crippen LogP contribution in [0, 0.1) is 3.95 Å². The molecule has 4 heteroatoms. The largest absolute Gasteiger partial charge is 0.344 e. The van der Waals surface area contributed by atoms with Crippen LogP contribution in [0.1, 0.15) is 0 Å². The number of rotatable bonds is 0. The molecule has 0 bridgehead atoms. The monoisotopic (exact) mass is 196 g/mol. The lowest BCUT2D eigenvalue weighted by molar-refractivity contribution is 1.33. The predicted molar refractivity (Wildman–Crippen MR) is 53.7 cm³/mol. The maximum Gasteiger partial charge on any atom is 0.158 e. The highest BCUT2D eigenvalue weighted by Crippen LogP contribution is 1.92. The van der Waals surface area contributed by atoms with Crippen molar-refractivity contribution >= 4 is 23.6 Å². The molecule has 62 valence electrons. The smallest absolute Gasteiger partial charge is 0.158 e. The molecule has 0 fully saturated rings. The number of hydrogen-bond donors (Lipinski definition) is 1. The van der Waals surface area contributed by atoms with Crippen molar-refractivity contribution in [2.24, 2.45) is 0 Å². The minimum absolute atomic E-state index is 0.843. The fourth-order valence-corrected chi connectivity index (χ4v) is 1.17. The van der Waals surface area contributed by atoms with Crippen LogP contribution in [0.2, 0.25) is 0 Å². The van der Waals surface area contributed by atoms with E-state index in [1.165, 1.54) is 11.3 Å². The molecule has 0 radical (unpaired) electrons. The number of thiazole rings is 1. The lowest BCUT2D eigenvalue weighted by Crippen LogP contribution is -1.58. The Bertz CT molecular complexity index is 296. The van der Waals surface area contributed by atoms with E-state index in [1.807, 2.05) is 29.8 Å². The number of nitrogens with zero attached hydrogens (tertiary/aromatic N) is 1. The summed E-state index contributed by atoms with van der Waals surface area (Å²) in [5.74, 6) is 0. The first kappa shape index (κ1) is 9.09. The molecule has 0 spiro atoms. The highest BCUT2D eigenvalue weighted by molar-refractivity contribution is 7.73. The summed E-state index contributed by atoms with van der Waals surface area (Å²) in [6.45, 7) is 0. The van der Waals surface area contributed by atoms with Crippen LogP contribution in [0.15, 0.2) is 42.2 Å². The van der Waals surface area contributed by atoms with E-state index in [0.29, 0.717) is 0 Å². The van der Waals surface area contributed by atoms with Gasteiger partial charge in [0.05, 0.1) is 0 Å². The molecule has 1 N–H and O–H groups in total. The van der Waals surface area contributed by atoms with E-state index in [4.69, 9.17) is 12.2 Å². The Morgan fingerprint density at radius 3 is 2.17 bits per heavy atom. The minimum atomic E-state index is 0.843. The third kappa shape index (κ3) is 4.00. The zero-order chi connectivity index (χ0) is 8.65. The first-order valence-corrected chi connectivity index (χ1v) is 4.65. The van der Waals surface area contributed by atoms with Crippen LogP contribution in [-0.2, 0) is 0 Å². The number of aromatic nitrogens is 2. The summed E-state index contributed by atoms with van der Waals surface area (Å²) >= 11 is 6.25. The quantitative estimate of drug-likeness (QED) is 0.656. The lowest BCUT2D eigenvalue weighted by Gasteiger charge is -1.70. The highest BCUT2D eigenvalue weighted by Gasteiger charge is 1.67. The fourth-order valence-electron chi connectivity index (χ4n) is 0.545. The molecule has 2 nitrogen and oxygen atoms in total. The van der Waals surface area contributed by atoms with Gasteiger partial charge < -0.3 is 4.98 Å². The molecule has 0 atom stereocenters. The molecule has 0 amide bonds. The van der Waals surface area contributed by atoms with Gasteiger partial charge in [0.2, 0.25) is 0 Å². The normalized spacial score (nSPS) is 8.33. The Kier molecular flexibility index (Phi) is 4.26. The van der Waals surface area contributed by atoms with Crippen molar-refractivity contribution in [3.8, 4) is 0 Å². The van der Waals surface area contributed by atoms with Gasteiger partial charge >= 0.3 is 0 Å². The van der Waals surface area contributed by atoms with Gasteiger partial charge in [-0.25, -0.2) is 0 Å². The third-order valence-corrected chi connectivity index (χ3v) is 2.02. The van der Waals surface area contributed by atoms with Crippen LogP contribution >= 0.6 is 23.6 Å². The van der Waals surface area contributed by atoms with Gasteiger partial charge in [0.1, 0.15) is 0 Å². The molecule has 0 saturated carbocycles. The Balaban J connectivity index is 0.000000120. The van der Waals surface area contributed by atoms with Gasteiger partial charge in [0.25, 0.3) is 0 Å². The Labute approximate surface area is 79.9 Å². The van der Waals surface area contributed by atoms with Crippen LogP contribution in [0.3, 0.4) is 0 Å². The standard InChI is InChI=1S/C5H5N.C3H3NS2/c1-2-4-6-5-3-1;5-3-4-1-2-6-3/h1-5H;1-2H,(H,4,5). The molecule has 2 heterocycles. The summed E-state index contributed by atoms with van der Waals surface area (Å²) in [5, 5.41) is 1.92. The molecular weight excluding hydrogens is 188 g/mol. The molecule has 0 aliphatic heterocycles. The lowest BCUT2D eigenvalue weighted by atomic mass is 10.5. The van der Waals surface area contributed by atoms with E-state index in [0.717, 1.165) is 3.95 Å². The Morgan fingerprint density at radius 1 is 1.25 bits per heavy atom. The molecule has 0 saturated heterocycles. The van der Waals surface area contributed by atoms with Crippen LogP contribution in [0.5, 0.6) is 0 Å². The maximum atomic E-state index is 4.71. The van der Waals surface area contributed by atoms with E-state index in [-0.39, 0.29) is 0 Å². The molecule has 2 rings (SSSR count). The van der Waals surface area contributed by atoms with Gasteiger partial charge in [-0.05, 0) is 24.4 Å². The van der Waals surface area contributed by atoms with E-state index in [1.54, 1.807) is 12.4 Å². The van der Waals surface area contributed by atoms with Crippen molar-refractivity contribution in [3.05, 3.63) is 46.1 Å². The Morgan fingerprint density at radius 2 is 2.00 bits per heavy atom. The molecule has 0 aliphatic carbocycles. The summed E-state index contributed by atoms with van der Waals surface area (Å²) in [5.41, 5.74) is 0. The van der Waals surface area contributed by atoms with Crippen LogP contribution in [0.25, 0.3) is 0 Å². The Hall–Kier alpha value is -1.00. The van der Waals surface area contributed by atoms with Crippen LogP contribution in [0.4, 0.5) is 0 Å². The molecule has 0 unspecified atom stereocenters. The highest BCUT2D eigenvalue weighted by atomic mass is 32.1. The summed E-state index contributed by atoms with van der Waals surface area (Å²) in [7, 11) is 0.